The number of likely N-dealkylation sites (tertiary alicyclic amines) is 1. The molecule has 1 aliphatic heterocycles. The lowest BCUT2D eigenvalue weighted by molar-refractivity contribution is -0.146. The van der Waals surface area contributed by atoms with Crippen molar-refractivity contribution in [3.63, 3.8) is 0 Å². The van der Waals surface area contributed by atoms with Crippen LogP contribution in [0.3, 0.4) is 0 Å². The minimum atomic E-state index is -0.857. The van der Waals surface area contributed by atoms with Crippen LogP contribution in [0.15, 0.2) is 54.7 Å². The van der Waals surface area contributed by atoms with E-state index in [2.05, 4.69) is 16.8 Å². The van der Waals surface area contributed by atoms with Gasteiger partial charge in [-0.05, 0) is 67.8 Å². The number of benzene rings is 2. The number of fused-ring (bicyclic) bond motifs is 1. The third-order valence-corrected chi connectivity index (χ3v) is 6.51. The summed E-state index contributed by atoms with van der Waals surface area (Å²) < 4.78 is 18.6. The van der Waals surface area contributed by atoms with Gasteiger partial charge in [0.25, 0.3) is 0 Å². The lowest BCUT2D eigenvalue weighted by Crippen LogP contribution is -2.44. The number of pyridine rings is 1. The standard InChI is InChI=1S/C28H27FN2O4/c1-35-22-8-9-26-24(17-22)23(11-13-30-26)27(32)10-7-20-12-15-31(18-25(20)28(33)34)14-3-5-19-4-2-6-21(29)16-19/h2,4,6,8-9,11,13,16-17,20,25H,7,10,12,14-15,18H2,1H3,(H,33,34)/t20-,25+/m1/s1. The molecule has 0 bridgehead atoms. The average Bonchev–Trinajstić information content (AvgIpc) is 2.87. The molecule has 1 fully saturated rings. The zero-order valence-corrected chi connectivity index (χ0v) is 19.5. The van der Waals surface area contributed by atoms with Crippen LogP contribution in [-0.4, -0.2) is 53.5 Å². The van der Waals surface area contributed by atoms with E-state index in [0.29, 0.717) is 54.9 Å². The summed E-state index contributed by atoms with van der Waals surface area (Å²) in [7, 11) is 1.57. The highest BCUT2D eigenvalue weighted by Crippen LogP contribution is 2.30. The first-order valence-corrected chi connectivity index (χ1v) is 11.6. The molecule has 2 atom stereocenters. The Morgan fingerprint density at radius 2 is 2.09 bits per heavy atom. The third kappa shape index (κ3) is 6.03. The highest BCUT2D eigenvalue weighted by molar-refractivity contribution is 6.07. The van der Waals surface area contributed by atoms with Gasteiger partial charge in [0.2, 0.25) is 0 Å². The van der Waals surface area contributed by atoms with E-state index in [9.17, 15) is 19.1 Å². The molecule has 1 aromatic heterocycles. The van der Waals surface area contributed by atoms with E-state index >= 15 is 0 Å². The van der Waals surface area contributed by atoms with E-state index in [1.807, 2.05) is 11.0 Å². The molecule has 6 nitrogen and oxygen atoms in total. The largest absolute Gasteiger partial charge is 0.497 e. The molecule has 0 radical (unpaired) electrons. The minimum Gasteiger partial charge on any atom is -0.497 e. The van der Waals surface area contributed by atoms with Gasteiger partial charge in [-0.2, -0.15) is 0 Å². The Kier molecular flexibility index (Phi) is 7.74. The van der Waals surface area contributed by atoms with E-state index in [4.69, 9.17) is 4.74 Å². The number of halogens is 1. The quantitative estimate of drug-likeness (QED) is 0.403. The highest BCUT2D eigenvalue weighted by Gasteiger charge is 2.34. The number of carbonyl (C=O) groups is 2. The topological polar surface area (TPSA) is 79.7 Å². The van der Waals surface area contributed by atoms with Crippen LogP contribution in [0, 0.1) is 29.5 Å². The second kappa shape index (κ2) is 11.1. The van der Waals surface area contributed by atoms with Crippen molar-refractivity contribution >= 4 is 22.7 Å². The van der Waals surface area contributed by atoms with Crippen LogP contribution in [0.1, 0.15) is 35.2 Å². The zero-order chi connectivity index (χ0) is 24.8. The van der Waals surface area contributed by atoms with Gasteiger partial charge in [-0.1, -0.05) is 17.9 Å². The maximum absolute atomic E-state index is 13.3. The first kappa shape index (κ1) is 24.4. The van der Waals surface area contributed by atoms with Gasteiger partial charge in [0.05, 0.1) is 25.1 Å². The molecule has 1 N–H and O–H groups in total. The molecule has 2 heterocycles. The molecule has 0 spiro atoms. The smallest absolute Gasteiger partial charge is 0.308 e. The van der Waals surface area contributed by atoms with Gasteiger partial charge in [0, 0.05) is 35.7 Å². The van der Waals surface area contributed by atoms with E-state index in [0.717, 1.165) is 5.39 Å². The summed E-state index contributed by atoms with van der Waals surface area (Å²) in [6, 6.07) is 13.2. The first-order chi connectivity index (χ1) is 16.9. The molecule has 35 heavy (non-hydrogen) atoms. The van der Waals surface area contributed by atoms with Crippen molar-refractivity contribution in [3.05, 3.63) is 71.7 Å². The summed E-state index contributed by atoms with van der Waals surface area (Å²) in [6.45, 7) is 1.49. The van der Waals surface area contributed by atoms with Gasteiger partial charge in [-0.3, -0.25) is 19.5 Å². The Morgan fingerprint density at radius 3 is 2.86 bits per heavy atom. The minimum absolute atomic E-state index is 0.0295. The summed E-state index contributed by atoms with van der Waals surface area (Å²) >= 11 is 0. The number of carbonyl (C=O) groups excluding carboxylic acids is 1. The number of ketones is 1. The van der Waals surface area contributed by atoms with Crippen LogP contribution in [-0.2, 0) is 4.79 Å². The van der Waals surface area contributed by atoms with Crippen LogP contribution >= 0.6 is 0 Å². The molecule has 3 aromatic rings. The number of nitrogens with zero attached hydrogens (tertiary/aromatic N) is 2. The van der Waals surface area contributed by atoms with Crippen molar-refractivity contribution in [2.24, 2.45) is 11.8 Å². The summed E-state index contributed by atoms with van der Waals surface area (Å²) in [5.74, 6) is 4.72. The van der Waals surface area contributed by atoms with Crippen molar-refractivity contribution in [3.8, 4) is 17.6 Å². The Bertz CT molecular complexity index is 1300. The van der Waals surface area contributed by atoms with Crippen LogP contribution in [0.25, 0.3) is 10.9 Å². The second-order valence-corrected chi connectivity index (χ2v) is 8.74. The summed E-state index contributed by atoms with van der Waals surface area (Å²) in [5.41, 5.74) is 1.88. The normalized spacial score (nSPS) is 18.0. The van der Waals surface area contributed by atoms with Gasteiger partial charge in [-0.15, -0.1) is 0 Å². The lowest BCUT2D eigenvalue weighted by Gasteiger charge is -2.35. The SMILES string of the molecule is COc1ccc2nccc(C(=O)CC[C@@H]3CCN(CC#Cc4cccc(F)c4)C[C@@H]3C(=O)O)c2c1. The number of hydrogen-bond acceptors (Lipinski definition) is 5. The van der Waals surface area contributed by atoms with Gasteiger partial charge < -0.3 is 9.84 Å². The van der Waals surface area contributed by atoms with E-state index in [-0.39, 0.29) is 23.9 Å². The average molecular weight is 475 g/mol. The number of methoxy groups -OCH3 is 1. The molecular weight excluding hydrogens is 447 g/mol. The first-order valence-electron chi connectivity index (χ1n) is 11.6. The molecular formula is C28H27FN2O4. The number of aliphatic carboxylic acids is 1. The maximum atomic E-state index is 13.3. The van der Waals surface area contributed by atoms with Crippen LogP contribution in [0.4, 0.5) is 4.39 Å². The van der Waals surface area contributed by atoms with Crippen LogP contribution < -0.4 is 4.74 Å². The molecule has 1 saturated heterocycles. The maximum Gasteiger partial charge on any atom is 0.308 e. The summed E-state index contributed by atoms with van der Waals surface area (Å²) in [5, 5.41) is 10.6. The molecule has 1 aliphatic rings. The van der Waals surface area contributed by atoms with E-state index in [1.54, 1.807) is 43.6 Å². The van der Waals surface area contributed by atoms with E-state index in [1.165, 1.54) is 12.1 Å². The number of aromatic nitrogens is 1. The number of carboxylic acid groups (broad SMARTS) is 1. The molecule has 0 amide bonds. The van der Waals surface area contributed by atoms with Crippen LogP contribution in [0.2, 0.25) is 0 Å². The predicted molar refractivity (Wildman–Crippen MR) is 131 cm³/mol. The Hall–Kier alpha value is -3.76. The molecule has 0 aliphatic carbocycles. The highest BCUT2D eigenvalue weighted by atomic mass is 19.1. The Labute approximate surface area is 203 Å². The molecule has 0 saturated carbocycles. The van der Waals surface area contributed by atoms with Crippen molar-refractivity contribution < 1.29 is 23.8 Å². The molecule has 180 valence electrons. The number of hydrogen-bond donors (Lipinski definition) is 1. The van der Waals surface area contributed by atoms with Crippen molar-refractivity contribution in [1.29, 1.82) is 0 Å². The number of rotatable bonds is 7. The predicted octanol–water partition coefficient (Wildman–Crippen LogP) is 4.42. The number of piperidine rings is 1. The van der Waals surface area contributed by atoms with Crippen molar-refractivity contribution in [1.82, 2.24) is 9.88 Å². The number of carboxylic acids is 1. The van der Waals surface area contributed by atoms with Gasteiger partial charge in [0.15, 0.2) is 5.78 Å². The molecule has 2 aromatic carbocycles. The number of Topliss-reactive ketones (excluding diaryl/α,β-unsaturated/α-hetero) is 1. The molecule has 7 heteroatoms. The van der Waals surface area contributed by atoms with Crippen molar-refractivity contribution in [2.45, 2.75) is 19.3 Å². The van der Waals surface area contributed by atoms with Gasteiger partial charge >= 0.3 is 5.97 Å². The monoisotopic (exact) mass is 474 g/mol. The lowest BCUT2D eigenvalue weighted by atomic mass is 9.81. The Balaban J connectivity index is 1.38. The van der Waals surface area contributed by atoms with Gasteiger partial charge in [0.1, 0.15) is 11.6 Å². The fourth-order valence-corrected chi connectivity index (χ4v) is 4.60. The van der Waals surface area contributed by atoms with Crippen LogP contribution in [0.5, 0.6) is 5.75 Å². The van der Waals surface area contributed by atoms with Gasteiger partial charge in [-0.25, -0.2) is 4.39 Å². The fourth-order valence-electron chi connectivity index (χ4n) is 4.60. The fraction of sp³-hybridized carbons (Fsp3) is 0.321. The second-order valence-electron chi connectivity index (χ2n) is 8.74. The molecule has 0 unspecified atom stereocenters. The number of ether oxygens (including phenoxy) is 1. The van der Waals surface area contributed by atoms with E-state index < -0.39 is 11.9 Å². The van der Waals surface area contributed by atoms with Crippen molar-refractivity contribution in [2.75, 3.05) is 26.7 Å². The summed E-state index contributed by atoms with van der Waals surface area (Å²) in [4.78, 5) is 31.4. The Morgan fingerprint density at radius 1 is 1.23 bits per heavy atom. The third-order valence-electron chi connectivity index (χ3n) is 6.51. The molecule has 4 rings (SSSR count). The summed E-state index contributed by atoms with van der Waals surface area (Å²) in [6.07, 6.45) is 3.07. The zero-order valence-electron chi connectivity index (χ0n) is 19.5.